The molecule has 4 heterocycles. The highest BCUT2D eigenvalue weighted by Gasteiger charge is 2.23. The van der Waals surface area contributed by atoms with Gasteiger partial charge in [-0.05, 0) is 36.4 Å². The Kier molecular flexibility index (Phi) is 4.93. The molecule has 6 aromatic carbocycles. The highest BCUT2D eigenvalue weighted by atomic mass is 16.3. The second kappa shape index (κ2) is 9.15. The van der Waals surface area contributed by atoms with E-state index in [1.165, 1.54) is 0 Å². The van der Waals surface area contributed by atoms with E-state index >= 15 is 0 Å². The smallest absolute Gasteiger partial charge is 0.231 e. The van der Waals surface area contributed by atoms with Crippen LogP contribution in [0.3, 0.4) is 0 Å². The zero-order valence-corrected chi connectivity index (χ0v) is 23.9. The van der Waals surface area contributed by atoms with Gasteiger partial charge in [-0.3, -0.25) is 0 Å². The molecule has 0 fully saturated rings. The lowest BCUT2D eigenvalue weighted by Gasteiger charge is -2.14. The SMILES string of the molecule is c1ccc(-c2nc(-c3ccccc3-n3c4ccccc4c4ccc5c6ccccc6oc5c43)nc3oc4ccccc4c23)cc1. The van der Waals surface area contributed by atoms with E-state index in [0.717, 1.165) is 82.6 Å². The Labute approximate surface area is 256 Å². The summed E-state index contributed by atoms with van der Waals surface area (Å²) >= 11 is 0. The molecule has 0 radical (unpaired) electrons. The van der Waals surface area contributed by atoms with Crippen molar-refractivity contribution in [1.29, 1.82) is 0 Å². The first-order valence-electron chi connectivity index (χ1n) is 15.0. The van der Waals surface area contributed by atoms with Crippen LogP contribution in [-0.2, 0) is 0 Å². The highest BCUT2D eigenvalue weighted by Crippen LogP contribution is 2.42. The van der Waals surface area contributed by atoms with Crippen molar-refractivity contribution >= 4 is 65.8 Å². The van der Waals surface area contributed by atoms with Crippen molar-refractivity contribution in [2.75, 3.05) is 0 Å². The first-order valence-corrected chi connectivity index (χ1v) is 15.0. The zero-order chi connectivity index (χ0) is 29.5. The normalized spacial score (nSPS) is 12.0. The molecule has 5 heteroatoms. The molecule has 4 aromatic heterocycles. The molecule has 210 valence electrons. The van der Waals surface area contributed by atoms with Gasteiger partial charge >= 0.3 is 0 Å². The second-order valence-corrected chi connectivity index (χ2v) is 11.3. The minimum absolute atomic E-state index is 0.566. The van der Waals surface area contributed by atoms with Crippen molar-refractivity contribution in [3.63, 3.8) is 0 Å². The van der Waals surface area contributed by atoms with Crippen molar-refractivity contribution in [1.82, 2.24) is 14.5 Å². The lowest BCUT2D eigenvalue weighted by Crippen LogP contribution is -2.00. The quantitative estimate of drug-likeness (QED) is 0.210. The van der Waals surface area contributed by atoms with Crippen LogP contribution in [0, 0.1) is 0 Å². The summed E-state index contributed by atoms with van der Waals surface area (Å²) in [7, 11) is 0. The third kappa shape index (κ3) is 3.43. The number of fused-ring (bicyclic) bond motifs is 10. The van der Waals surface area contributed by atoms with E-state index < -0.39 is 0 Å². The molecule has 0 saturated heterocycles. The minimum Gasteiger partial charge on any atom is -0.454 e. The van der Waals surface area contributed by atoms with Gasteiger partial charge in [0.15, 0.2) is 11.4 Å². The Balaban J connectivity index is 1.33. The Morgan fingerprint density at radius 3 is 2.02 bits per heavy atom. The van der Waals surface area contributed by atoms with Crippen LogP contribution in [0.15, 0.2) is 148 Å². The highest BCUT2D eigenvalue weighted by molar-refractivity contribution is 6.21. The van der Waals surface area contributed by atoms with E-state index in [2.05, 4.69) is 89.5 Å². The number of rotatable bonds is 3. The van der Waals surface area contributed by atoms with E-state index in [4.69, 9.17) is 18.8 Å². The van der Waals surface area contributed by atoms with Crippen LogP contribution in [0.25, 0.3) is 94.1 Å². The maximum absolute atomic E-state index is 6.60. The number of hydrogen-bond acceptors (Lipinski definition) is 4. The molecule has 45 heavy (non-hydrogen) atoms. The Hall–Kier alpha value is -6.20. The first kappa shape index (κ1) is 24.3. The molecule has 0 aliphatic carbocycles. The molecule has 10 aromatic rings. The zero-order valence-electron chi connectivity index (χ0n) is 23.9. The third-order valence-corrected chi connectivity index (χ3v) is 8.85. The third-order valence-electron chi connectivity index (χ3n) is 8.85. The molecular formula is C40H23N3O2. The van der Waals surface area contributed by atoms with E-state index in [0.29, 0.717) is 11.5 Å². The van der Waals surface area contributed by atoms with Gasteiger partial charge in [0.1, 0.15) is 11.2 Å². The van der Waals surface area contributed by atoms with Crippen LogP contribution < -0.4 is 0 Å². The maximum atomic E-state index is 6.60. The standard InChI is InChI=1S/C40H23N3O2/c1-2-12-24(13-3-1)36-35-30-17-7-11-21-34(30)45-40(35)42-39(41-36)29-16-5-9-19-32(29)43-31-18-8-4-14-25(31)27-22-23-28-26-15-6-10-20-33(26)44-38(28)37(27)43/h1-23H. The predicted octanol–water partition coefficient (Wildman–Crippen LogP) is 10.7. The molecule has 0 unspecified atom stereocenters. The van der Waals surface area contributed by atoms with Crippen molar-refractivity contribution < 1.29 is 8.83 Å². The van der Waals surface area contributed by atoms with Gasteiger partial charge in [-0.1, -0.05) is 103 Å². The van der Waals surface area contributed by atoms with Gasteiger partial charge in [-0.2, -0.15) is 4.98 Å². The monoisotopic (exact) mass is 577 g/mol. The molecule has 0 aliphatic heterocycles. The molecular weight excluding hydrogens is 554 g/mol. The van der Waals surface area contributed by atoms with Crippen LogP contribution in [0.1, 0.15) is 0 Å². The maximum Gasteiger partial charge on any atom is 0.231 e. The van der Waals surface area contributed by atoms with E-state index in [9.17, 15) is 0 Å². The first-order chi connectivity index (χ1) is 22.3. The van der Waals surface area contributed by atoms with E-state index in [1.54, 1.807) is 0 Å². The topological polar surface area (TPSA) is 57.0 Å². The summed E-state index contributed by atoms with van der Waals surface area (Å²) in [6.45, 7) is 0. The molecule has 5 nitrogen and oxygen atoms in total. The molecule has 0 bridgehead atoms. The fourth-order valence-corrected chi connectivity index (χ4v) is 6.89. The largest absolute Gasteiger partial charge is 0.454 e. The summed E-state index contributed by atoms with van der Waals surface area (Å²) in [6, 6.07) is 47.8. The number of benzene rings is 6. The lowest BCUT2D eigenvalue weighted by molar-refractivity contribution is 0.653. The summed E-state index contributed by atoms with van der Waals surface area (Å²) in [5, 5.41) is 6.39. The van der Waals surface area contributed by atoms with Gasteiger partial charge in [0, 0.05) is 38.1 Å². The van der Waals surface area contributed by atoms with Crippen LogP contribution in [0.4, 0.5) is 0 Å². The second-order valence-electron chi connectivity index (χ2n) is 11.3. The van der Waals surface area contributed by atoms with Gasteiger partial charge in [0.25, 0.3) is 0 Å². The molecule has 10 rings (SSSR count). The summed E-state index contributed by atoms with van der Waals surface area (Å²) in [5.74, 6) is 0.596. The number of hydrogen-bond donors (Lipinski definition) is 0. The van der Waals surface area contributed by atoms with Crippen molar-refractivity contribution in [3.05, 3.63) is 140 Å². The molecule has 0 amide bonds. The fraction of sp³-hybridized carbons (Fsp3) is 0. The summed E-state index contributed by atoms with van der Waals surface area (Å²) in [5.41, 5.74) is 8.91. The lowest BCUT2D eigenvalue weighted by atomic mass is 10.1. The average Bonchev–Trinajstić information content (AvgIpc) is 3.78. The average molecular weight is 578 g/mol. The van der Waals surface area contributed by atoms with Crippen molar-refractivity contribution in [2.45, 2.75) is 0 Å². The Morgan fingerprint density at radius 1 is 0.489 bits per heavy atom. The summed E-state index contributed by atoms with van der Waals surface area (Å²) < 4.78 is 15.3. The van der Waals surface area contributed by atoms with Gasteiger partial charge in [0.2, 0.25) is 5.71 Å². The van der Waals surface area contributed by atoms with Gasteiger partial charge in [0.05, 0.1) is 27.8 Å². The number of furan rings is 2. The van der Waals surface area contributed by atoms with Crippen LogP contribution in [-0.4, -0.2) is 14.5 Å². The fourth-order valence-electron chi connectivity index (χ4n) is 6.89. The van der Waals surface area contributed by atoms with E-state index in [1.807, 2.05) is 54.6 Å². The number of aromatic nitrogens is 3. The molecule has 0 spiro atoms. The van der Waals surface area contributed by atoms with Crippen LogP contribution in [0.2, 0.25) is 0 Å². The Morgan fingerprint density at radius 2 is 1.16 bits per heavy atom. The van der Waals surface area contributed by atoms with Crippen LogP contribution >= 0.6 is 0 Å². The minimum atomic E-state index is 0.566. The van der Waals surface area contributed by atoms with Gasteiger partial charge in [-0.15, -0.1) is 0 Å². The number of nitrogens with zero attached hydrogens (tertiary/aromatic N) is 3. The molecule has 0 N–H and O–H groups in total. The van der Waals surface area contributed by atoms with Gasteiger partial charge in [-0.25, -0.2) is 4.98 Å². The summed E-state index contributed by atoms with van der Waals surface area (Å²) in [6.07, 6.45) is 0. The predicted molar refractivity (Wildman–Crippen MR) is 182 cm³/mol. The summed E-state index contributed by atoms with van der Waals surface area (Å²) in [4.78, 5) is 10.4. The van der Waals surface area contributed by atoms with Crippen molar-refractivity contribution in [3.8, 4) is 28.3 Å². The molecule has 0 saturated carbocycles. The van der Waals surface area contributed by atoms with E-state index in [-0.39, 0.29) is 0 Å². The van der Waals surface area contributed by atoms with Crippen molar-refractivity contribution in [2.24, 2.45) is 0 Å². The Bertz CT molecular complexity index is 2770. The molecule has 0 aliphatic rings. The molecule has 0 atom stereocenters. The number of para-hydroxylation sites is 4. The van der Waals surface area contributed by atoms with Gasteiger partial charge < -0.3 is 13.4 Å². The van der Waals surface area contributed by atoms with Crippen LogP contribution in [0.5, 0.6) is 0 Å².